The predicted octanol–water partition coefficient (Wildman–Crippen LogP) is 2.92. The lowest BCUT2D eigenvalue weighted by Crippen LogP contribution is -2.56. The Labute approximate surface area is 250 Å². The second kappa shape index (κ2) is 17.2. The van der Waals surface area contributed by atoms with E-state index in [0.717, 1.165) is 62.6 Å². The monoisotopic (exact) mass is 580 g/mol. The number of carbonyl (C=O) groups is 2. The summed E-state index contributed by atoms with van der Waals surface area (Å²) in [5.74, 6) is 0.787. The Hall–Kier alpha value is -2.98. The van der Waals surface area contributed by atoms with E-state index in [9.17, 15) is 9.59 Å². The van der Waals surface area contributed by atoms with Gasteiger partial charge in [-0.05, 0) is 48.4 Å². The van der Waals surface area contributed by atoms with E-state index in [1.165, 1.54) is 0 Å². The Balaban J connectivity index is 1.39. The topological polar surface area (TPSA) is 101 Å². The molecule has 2 saturated heterocycles. The summed E-state index contributed by atoms with van der Waals surface area (Å²) in [6.07, 6.45) is 2.85. The molecule has 2 aromatic rings. The fourth-order valence-electron chi connectivity index (χ4n) is 5.34. The first-order valence-corrected chi connectivity index (χ1v) is 15.4. The van der Waals surface area contributed by atoms with Crippen molar-refractivity contribution in [3.8, 4) is 5.75 Å². The van der Waals surface area contributed by atoms with Crippen molar-refractivity contribution in [1.82, 2.24) is 20.9 Å². The lowest BCUT2D eigenvalue weighted by Gasteiger charge is -2.30. The van der Waals surface area contributed by atoms with Gasteiger partial charge in [-0.25, -0.2) is 0 Å². The molecule has 4 rings (SSSR count). The van der Waals surface area contributed by atoms with Crippen molar-refractivity contribution in [2.24, 2.45) is 5.92 Å². The maximum Gasteiger partial charge on any atom is 0.242 e. The third-order valence-corrected chi connectivity index (χ3v) is 7.76. The molecular formula is C33H48N4O5. The molecule has 0 radical (unpaired) electrons. The Bertz CT molecular complexity index is 1070. The number of hydrogen-bond donors (Lipinski definition) is 3. The molecule has 2 fully saturated rings. The van der Waals surface area contributed by atoms with E-state index >= 15 is 0 Å². The highest BCUT2D eigenvalue weighted by Gasteiger charge is 2.29. The van der Waals surface area contributed by atoms with Gasteiger partial charge in [0.15, 0.2) is 0 Å². The number of rotatable bonds is 15. The maximum absolute atomic E-state index is 13.6. The largest absolute Gasteiger partial charge is 0.489 e. The van der Waals surface area contributed by atoms with Crippen molar-refractivity contribution < 1.29 is 23.8 Å². The minimum Gasteiger partial charge on any atom is -0.489 e. The average Bonchev–Trinajstić information content (AvgIpc) is 3.01. The summed E-state index contributed by atoms with van der Waals surface area (Å²) in [6.45, 7) is 10.6. The molecule has 9 heteroatoms. The van der Waals surface area contributed by atoms with Crippen LogP contribution in [0, 0.1) is 5.92 Å². The number of morpholine rings is 1. The Morgan fingerprint density at radius 2 is 1.57 bits per heavy atom. The van der Waals surface area contributed by atoms with E-state index in [1.54, 1.807) is 0 Å². The van der Waals surface area contributed by atoms with Crippen LogP contribution in [0.3, 0.4) is 0 Å². The van der Waals surface area contributed by atoms with Crippen LogP contribution in [0.15, 0.2) is 54.6 Å². The molecule has 2 amide bonds. The molecule has 2 aliphatic heterocycles. The first kappa shape index (κ1) is 31.9. The molecule has 0 aromatic heterocycles. The summed E-state index contributed by atoms with van der Waals surface area (Å²) in [5, 5.41) is 9.73. The van der Waals surface area contributed by atoms with Crippen LogP contribution in [0.4, 0.5) is 0 Å². The molecule has 0 aliphatic carbocycles. The van der Waals surface area contributed by atoms with Gasteiger partial charge in [0.05, 0.1) is 19.3 Å². The zero-order valence-electron chi connectivity index (χ0n) is 25.2. The highest BCUT2D eigenvalue weighted by molar-refractivity contribution is 5.90. The van der Waals surface area contributed by atoms with Gasteiger partial charge >= 0.3 is 0 Å². The van der Waals surface area contributed by atoms with Crippen LogP contribution in [0.2, 0.25) is 0 Å². The molecule has 0 bridgehead atoms. The van der Waals surface area contributed by atoms with Gasteiger partial charge < -0.3 is 30.2 Å². The van der Waals surface area contributed by atoms with Gasteiger partial charge in [-0.2, -0.15) is 0 Å². The zero-order valence-corrected chi connectivity index (χ0v) is 25.2. The minimum atomic E-state index is -0.690. The minimum absolute atomic E-state index is 0.133. The van der Waals surface area contributed by atoms with Gasteiger partial charge in [0, 0.05) is 51.9 Å². The van der Waals surface area contributed by atoms with Crippen molar-refractivity contribution in [3.05, 3.63) is 65.7 Å². The average molecular weight is 581 g/mol. The van der Waals surface area contributed by atoms with Gasteiger partial charge in [-0.15, -0.1) is 0 Å². The van der Waals surface area contributed by atoms with Crippen LogP contribution in [0.1, 0.15) is 44.2 Å². The molecule has 2 heterocycles. The number of hydrogen-bond acceptors (Lipinski definition) is 7. The summed E-state index contributed by atoms with van der Waals surface area (Å²) < 4.78 is 16.9. The highest BCUT2D eigenvalue weighted by Crippen LogP contribution is 2.17. The van der Waals surface area contributed by atoms with Crippen molar-refractivity contribution in [2.75, 3.05) is 52.6 Å². The summed E-state index contributed by atoms with van der Waals surface area (Å²) in [4.78, 5) is 29.4. The molecule has 2 aromatic carbocycles. The zero-order chi connectivity index (χ0) is 29.6. The van der Waals surface area contributed by atoms with E-state index in [1.807, 2.05) is 54.6 Å². The van der Waals surface area contributed by atoms with E-state index < -0.39 is 6.04 Å². The molecular weight excluding hydrogens is 532 g/mol. The van der Waals surface area contributed by atoms with Crippen LogP contribution in [0.5, 0.6) is 5.75 Å². The molecule has 2 aliphatic rings. The van der Waals surface area contributed by atoms with Crippen molar-refractivity contribution in [1.29, 1.82) is 0 Å². The second-order valence-electron chi connectivity index (χ2n) is 11.7. The van der Waals surface area contributed by atoms with Crippen LogP contribution in [0.25, 0.3) is 0 Å². The first-order valence-electron chi connectivity index (χ1n) is 15.4. The van der Waals surface area contributed by atoms with E-state index in [0.29, 0.717) is 45.1 Å². The summed E-state index contributed by atoms with van der Waals surface area (Å²) in [7, 11) is 0. The van der Waals surface area contributed by atoms with Gasteiger partial charge in [0.2, 0.25) is 11.8 Å². The van der Waals surface area contributed by atoms with Gasteiger partial charge in [0.1, 0.15) is 18.4 Å². The van der Waals surface area contributed by atoms with Gasteiger partial charge in [-0.1, -0.05) is 56.3 Å². The number of ether oxygens (including phenoxy) is 3. The second-order valence-corrected chi connectivity index (χ2v) is 11.7. The van der Waals surface area contributed by atoms with Gasteiger partial charge in [0.25, 0.3) is 0 Å². The smallest absolute Gasteiger partial charge is 0.242 e. The SMILES string of the molecule is CC(C)C[C@H](NC1CCOCC1)C(=O)N[C@H](Cc1ccc(OCc2ccccc2)cc1)C(=O)NCCN1CCOCC1. The Kier molecular flexibility index (Phi) is 13.1. The lowest BCUT2D eigenvalue weighted by atomic mass is 9.99. The Morgan fingerprint density at radius 3 is 2.26 bits per heavy atom. The van der Waals surface area contributed by atoms with Crippen LogP contribution in [-0.2, 0) is 32.1 Å². The molecule has 2 atom stereocenters. The fourth-order valence-corrected chi connectivity index (χ4v) is 5.34. The van der Waals surface area contributed by atoms with Crippen molar-refractivity contribution >= 4 is 11.8 Å². The summed E-state index contributed by atoms with van der Waals surface area (Å²) in [6, 6.07) is 17.0. The van der Waals surface area contributed by atoms with Crippen molar-refractivity contribution in [2.45, 2.75) is 64.3 Å². The number of carbonyl (C=O) groups excluding carboxylic acids is 2. The van der Waals surface area contributed by atoms with E-state index in [-0.39, 0.29) is 23.9 Å². The molecule has 0 spiro atoms. The lowest BCUT2D eigenvalue weighted by molar-refractivity contribution is -0.130. The van der Waals surface area contributed by atoms with Crippen molar-refractivity contribution in [3.63, 3.8) is 0 Å². The summed E-state index contributed by atoms with van der Waals surface area (Å²) in [5.41, 5.74) is 2.05. The normalized spacial score (nSPS) is 17.9. The molecule has 0 saturated carbocycles. The number of nitrogens with one attached hydrogen (secondary N) is 3. The summed E-state index contributed by atoms with van der Waals surface area (Å²) >= 11 is 0. The molecule has 42 heavy (non-hydrogen) atoms. The highest BCUT2D eigenvalue weighted by atomic mass is 16.5. The molecule has 9 nitrogen and oxygen atoms in total. The van der Waals surface area contributed by atoms with E-state index in [2.05, 4.69) is 34.7 Å². The first-order chi connectivity index (χ1) is 20.5. The van der Waals surface area contributed by atoms with E-state index in [4.69, 9.17) is 14.2 Å². The third kappa shape index (κ3) is 11.0. The van der Waals surface area contributed by atoms with Crippen LogP contribution >= 0.6 is 0 Å². The predicted molar refractivity (Wildman–Crippen MR) is 163 cm³/mol. The number of benzene rings is 2. The quantitative estimate of drug-likeness (QED) is 0.298. The molecule has 3 N–H and O–H groups in total. The standard InChI is InChI=1S/C33H48N4O5/c1-25(2)22-30(35-28-12-18-40-19-13-28)33(39)36-31(32(38)34-14-15-37-16-20-41-21-17-37)23-26-8-10-29(11-9-26)42-24-27-6-4-3-5-7-27/h3-11,25,28,30-31,35H,12-24H2,1-2H3,(H,34,38)(H,36,39)/t30-,31+/m0/s1. The number of nitrogens with zero attached hydrogens (tertiary/aromatic N) is 1. The third-order valence-electron chi connectivity index (χ3n) is 7.76. The van der Waals surface area contributed by atoms with Gasteiger partial charge in [-0.3, -0.25) is 14.5 Å². The molecule has 0 unspecified atom stereocenters. The maximum atomic E-state index is 13.6. The Morgan fingerprint density at radius 1 is 0.881 bits per heavy atom. The fraction of sp³-hybridized carbons (Fsp3) is 0.576. The number of amides is 2. The molecule has 230 valence electrons. The van der Waals surface area contributed by atoms with Crippen LogP contribution < -0.4 is 20.7 Å². The van der Waals surface area contributed by atoms with Crippen LogP contribution in [-0.4, -0.2) is 87.4 Å².